The standard InChI is InChI=1S/C20H14N4O4S/c25-29(26,24-20-23-16-6-2-4-8-18(16)28-20)14-11-9-13(10-12-14)21-19-22-15-5-1-3-7-17(15)27-19/h1-12H,(H,21,22)(H,23,24). The Morgan fingerprint density at radius 1 is 0.690 bits per heavy atom. The van der Waals surface area contributed by atoms with Gasteiger partial charge in [-0.1, -0.05) is 24.3 Å². The van der Waals surface area contributed by atoms with Crippen LogP contribution in [0.5, 0.6) is 0 Å². The van der Waals surface area contributed by atoms with Crippen LogP contribution in [0.4, 0.5) is 17.7 Å². The summed E-state index contributed by atoms with van der Waals surface area (Å²) in [5.41, 5.74) is 3.11. The second-order valence-corrected chi connectivity index (χ2v) is 7.91. The first kappa shape index (κ1) is 17.3. The lowest BCUT2D eigenvalue weighted by Crippen LogP contribution is -2.13. The predicted molar refractivity (Wildman–Crippen MR) is 109 cm³/mol. The number of anilines is 3. The van der Waals surface area contributed by atoms with Crippen molar-refractivity contribution in [3.8, 4) is 0 Å². The van der Waals surface area contributed by atoms with Crippen LogP contribution in [-0.2, 0) is 10.0 Å². The molecule has 0 aliphatic heterocycles. The molecule has 2 N–H and O–H groups in total. The van der Waals surface area contributed by atoms with E-state index in [0.717, 1.165) is 5.52 Å². The minimum atomic E-state index is -3.84. The van der Waals surface area contributed by atoms with E-state index in [0.29, 0.717) is 28.4 Å². The number of para-hydroxylation sites is 4. The highest BCUT2D eigenvalue weighted by atomic mass is 32.2. The molecule has 0 amide bonds. The number of nitrogens with zero attached hydrogens (tertiary/aromatic N) is 2. The van der Waals surface area contributed by atoms with Crippen LogP contribution in [0, 0.1) is 0 Å². The van der Waals surface area contributed by atoms with Gasteiger partial charge >= 0.3 is 6.01 Å². The van der Waals surface area contributed by atoms with Gasteiger partial charge in [0.25, 0.3) is 16.0 Å². The van der Waals surface area contributed by atoms with Crippen molar-refractivity contribution in [2.45, 2.75) is 4.90 Å². The minimum Gasteiger partial charge on any atom is -0.423 e. The Morgan fingerprint density at radius 2 is 1.24 bits per heavy atom. The van der Waals surface area contributed by atoms with Gasteiger partial charge in [0.15, 0.2) is 11.2 Å². The average molecular weight is 406 g/mol. The summed E-state index contributed by atoms with van der Waals surface area (Å²) in [5.74, 6) is 0. The Bertz CT molecular complexity index is 1360. The first-order valence-corrected chi connectivity index (χ1v) is 10.2. The van der Waals surface area contributed by atoms with E-state index in [4.69, 9.17) is 8.83 Å². The van der Waals surface area contributed by atoms with E-state index in [-0.39, 0.29) is 10.9 Å². The van der Waals surface area contributed by atoms with E-state index in [1.165, 1.54) is 12.1 Å². The number of sulfonamides is 1. The zero-order valence-corrected chi connectivity index (χ0v) is 15.7. The molecular formula is C20H14N4O4S. The van der Waals surface area contributed by atoms with E-state index in [9.17, 15) is 8.42 Å². The normalized spacial score (nSPS) is 11.7. The molecule has 0 aliphatic rings. The molecule has 3 aromatic carbocycles. The number of aromatic nitrogens is 2. The second kappa shape index (κ2) is 6.64. The van der Waals surface area contributed by atoms with Gasteiger partial charge in [0.1, 0.15) is 11.0 Å². The van der Waals surface area contributed by atoms with Gasteiger partial charge in [-0.15, -0.1) is 0 Å². The topological polar surface area (TPSA) is 110 Å². The summed E-state index contributed by atoms with van der Waals surface area (Å²) in [6.07, 6.45) is 0. The Kier molecular flexibility index (Phi) is 3.95. The molecule has 9 heteroatoms. The molecule has 144 valence electrons. The molecule has 0 unspecified atom stereocenters. The molecule has 8 nitrogen and oxygen atoms in total. The lowest BCUT2D eigenvalue weighted by molar-refractivity contribution is 0.591. The second-order valence-electron chi connectivity index (χ2n) is 6.23. The van der Waals surface area contributed by atoms with Gasteiger partial charge in [-0.2, -0.15) is 9.97 Å². The van der Waals surface area contributed by atoms with Gasteiger partial charge in [-0.25, -0.2) is 13.1 Å². The van der Waals surface area contributed by atoms with Crippen LogP contribution in [0.2, 0.25) is 0 Å². The summed E-state index contributed by atoms with van der Waals surface area (Å²) in [6.45, 7) is 0. The zero-order valence-electron chi connectivity index (χ0n) is 14.9. The first-order chi connectivity index (χ1) is 14.1. The van der Waals surface area contributed by atoms with Crippen LogP contribution in [0.1, 0.15) is 0 Å². The third-order valence-corrected chi connectivity index (χ3v) is 5.56. The predicted octanol–water partition coefficient (Wildman–Crippen LogP) is 4.51. The molecule has 5 rings (SSSR count). The highest BCUT2D eigenvalue weighted by Gasteiger charge is 2.18. The molecule has 0 atom stereocenters. The number of oxazole rings is 2. The number of hydrogen-bond acceptors (Lipinski definition) is 7. The highest BCUT2D eigenvalue weighted by molar-refractivity contribution is 7.92. The van der Waals surface area contributed by atoms with Crippen molar-refractivity contribution in [3.05, 3.63) is 72.8 Å². The zero-order chi connectivity index (χ0) is 19.8. The maximum Gasteiger partial charge on any atom is 0.309 e. The fourth-order valence-electron chi connectivity index (χ4n) is 2.86. The monoisotopic (exact) mass is 406 g/mol. The quantitative estimate of drug-likeness (QED) is 0.442. The Hall–Kier alpha value is -3.85. The van der Waals surface area contributed by atoms with Crippen molar-refractivity contribution in [2.75, 3.05) is 10.0 Å². The van der Waals surface area contributed by atoms with Gasteiger partial charge in [-0.3, -0.25) is 0 Å². The maximum atomic E-state index is 12.6. The van der Waals surface area contributed by atoms with Gasteiger partial charge in [0.2, 0.25) is 0 Å². The van der Waals surface area contributed by atoms with E-state index in [1.807, 2.05) is 24.3 Å². The molecular weight excluding hydrogens is 392 g/mol. The molecule has 5 aromatic rings. The Balaban J connectivity index is 1.35. The van der Waals surface area contributed by atoms with Gasteiger partial charge in [0, 0.05) is 5.69 Å². The fourth-order valence-corrected chi connectivity index (χ4v) is 3.79. The molecule has 0 bridgehead atoms. The van der Waals surface area contributed by atoms with Crippen molar-refractivity contribution in [2.24, 2.45) is 0 Å². The van der Waals surface area contributed by atoms with Crippen molar-refractivity contribution in [1.29, 1.82) is 0 Å². The van der Waals surface area contributed by atoms with Gasteiger partial charge in [0.05, 0.1) is 4.90 Å². The molecule has 2 heterocycles. The number of benzene rings is 3. The number of nitrogens with one attached hydrogen (secondary N) is 2. The Labute approximate surface area is 165 Å². The lowest BCUT2D eigenvalue weighted by Gasteiger charge is -2.06. The van der Waals surface area contributed by atoms with Crippen LogP contribution >= 0.6 is 0 Å². The molecule has 0 fully saturated rings. The number of hydrogen-bond donors (Lipinski definition) is 2. The van der Waals surface area contributed by atoms with Crippen LogP contribution in [0.25, 0.3) is 22.2 Å². The lowest BCUT2D eigenvalue weighted by atomic mass is 10.3. The third kappa shape index (κ3) is 3.39. The summed E-state index contributed by atoms with van der Waals surface area (Å²) in [6, 6.07) is 20.9. The van der Waals surface area contributed by atoms with Crippen molar-refractivity contribution >= 4 is 49.9 Å². The molecule has 0 saturated heterocycles. The summed E-state index contributed by atoms with van der Waals surface area (Å²) < 4.78 is 38.6. The van der Waals surface area contributed by atoms with Crippen LogP contribution in [0.3, 0.4) is 0 Å². The smallest absolute Gasteiger partial charge is 0.309 e. The van der Waals surface area contributed by atoms with E-state index in [2.05, 4.69) is 20.0 Å². The van der Waals surface area contributed by atoms with Crippen molar-refractivity contribution < 1.29 is 17.3 Å². The van der Waals surface area contributed by atoms with E-state index >= 15 is 0 Å². The van der Waals surface area contributed by atoms with Crippen LogP contribution < -0.4 is 10.0 Å². The Morgan fingerprint density at radius 3 is 1.86 bits per heavy atom. The van der Waals surface area contributed by atoms with E-state index in [1.54, 1.807) is 36.4 Å². The SMILES string of the molecule is O=S(=O)(Nc1nc2ccccc2o1)c1ccc(Nc2nc3ccccc3o2)cc1. The number of fused-ring (bicyclic) bond motifs is 2. The van der Waals surface area contributed by atoms with Crippen molar-refractivity contribution in [1.82, 2.24) is 9.97 Å². The van der Waals surface area contributed by atoms with Gasteiger partial charge < -0.3 is 14.2 Å². The summed E-state index contributed by atoms with van der Waals surface area (Å²) in [7, 11) is -3.84. The average Bonchev–Trinajstić information content (AvgIpc) is 3.30. The summed E-state index contributed by atoms with van der Waals surface area (Å²) >= 11 is 0. The molecule has 0 spiro atoms. The molecule has 0 radical (unpaired) electrons. The number of rotatable bonds is 5. The largest absolute Gasteiger partial charge is 0.423 e. The molecule has 0 aliphatic carbocycles. The van der Waals surface area contributed by atoms with Crippen molar-refractivity contribution in [3.63, 3.8) is 0 Å². The maximum absolute atomic E-state index is 12.6. The molecule has 29 heavy (non-hydrogen) atoms. The van der Waals surface area contributed by atoms with E-state index < -0.39 is 10.0 Å². The minimum absolute atomic E-state index is 0.0721. The summed E-state index contributed by atoms with van der Waals surface area (Å²) in [4.78, 5) is 8.53. The van der Waals surface area contributed by atoms with Crippen LogP contribution in [0.15, 0.2) is 86.5 Å². The molecule has 0 saturated carbocycles. The third-order valence-electron chi connectivity index (χ3n) is 4.23. The first-order valence-electron chi connectivity index (χ1n) is 8.68. The highest BCUT2D eigenvalue weighted by Crippen LogP contribution is 2.24. The fraction of sp³-hybridized carbons (Fsp3) is 0. The molecule has 2 aromatic heterocycles. The van der Waals surface area contributed by atoms with Gasteiger partial charge in [-0.05, 0) is 48.5 Å². The van der Waals surface area contributed by atoms with Crippen LogP contribution in [-0.4, -0.2) is 18.4 Å². The summed E-state index contributed by atoms with van der Waals surface area (Å²) in [5, 5.41) is 3.02.